The summed E-state index contributed by atoms with van der Waals surface area (Å²) in [7, 11) is 0. The predicted octanol–water partition coefficient (Wildman–Crippen LogP) is 2.28. The van der Waals surface area contributed by atoms with Crippen molar-refractivity contribution in [3.8, 4) is 0 Å². The van der Waals surface area contributed by atoms with Crippen molar-refractivity contribution in [3.05, 3.63) is 35.9 Å². The number of carbonyl (C=O) groups is 1. The van der Waals surface area contributed by atoms with Gasteiger partial charge in [-0.05, 0) is 24.4 Å². The zero-order valence-electron chi connectivity index (χ0n) is 11.5. The summed E-state index contributed by atoms with van der Waals surface area (Å²) in [5.74, 6) is -1.53. The minimum atomic E-state index is -4.76. The molecule has 0 saturated carbocycles. The standard InChI is InChI=1S/C15H17F3N2O/c16-15(17,18)14(21)20-9-12-6-7-19(13(12)10-20)8-11-4-2-1-3-5-11/h1-5,12-13H,6-10H2. The second-order valence-corrected chi connectivity index (χ2v) is 5.78. The maximum Gasteiger partial charge on any atom is 0.471 e. The molecule has 0 radical (unpaired) electrons. The lowest BCUT2D eigenvalue weighted by Gasteiger charge is -2.25. The molecule has 114 valence electrons. The summed E-state index contributed by atoms with van der Waals surface area (Å²) in [5.41, 5.74) is 1.15. The largest absolute Gasteiger partial charge is 0.471 e. The Morgan fingerprint density at radius 2 is 1.90 bits per heavy atom. The van der Waals surface area contributed by atoms with Gasteiger partial charge < -0.3 is 4.90 Å². The molecule has 1 amide bonds. The fraction of sp³-hybridized carbons (Fsp3) is 0.533. The van der Waals surface area contributed by atoms with Gasteiger partial charge in [-0.2, -0.15) is 13.2 Å². The monoisotopic (exact) mass is 298 g/mol. The van der Waals surface area contributed by atoms with Gasteiger partial charge >= 0.3 is 12.1 Å². The molecule has 1 aromatic rings. The van der Waals surface area contributed by atoms with Gasteiger partial charge in [-0.15, -0.1) is 0 Å². The minimum absolute atomic E-state index is 0.0523. The van der Waals surface area contributed by atoms with Gasteiger partial charge in [0.2, 0.25) is 0 Å². The van der Waals surface area contributed by atoms with E-state index in [-0.39, 0.29) is 25.0 Å². The number of likely N-dealkylation sites (tertiary alicyclic amines) is 2. The summed E-state index contributed by atoms with van der Waals surface area (Å²) in [4.78, 5) is 14.5. The fourth-order valence-corrected chi connectivity index (χ4v) is 3.41. The first-order chi connectivity index (χ1) is 9.95. The number of hydrogen-bond donors (Lipinski definition) is 0. The average Bonchev–Trinajstić information content (AvgIpc) is 3.00. The summed E-state index contributed by atoms with van der Waals surface area (Å²) in [6.45, 7) is 2.04. The Hall–Kier alpha value is -1.56. The molecule has 0 bridgehead atoms. The number of carbonyl (C=O) groups excluding carboxylic acids is 1. The highest BCUT2D eigenvalue weighted by atomic mass is 19.4. The second kappa shape index (κ2) is 5.33. The Morgan fingerprint density at radius 1 is 1.19 bits per heavy atom. The van der Waals surface area contributed by atoms with Crippen molar-refractivity contribution in [1.29, 1.82) is 0 Å². The Kier molecular flexibility index (Phi) is 3.65. The second-order valence-electron chi connectivity index (χ2n) is 5.78. The van der Waals surface area contributed by atoms with E-state index < -0.39 is 12.1 Å². The van der Waals surface area contributed by atoms with Crippen LogP contribution in [0.2, 0.25) is 0 Å². The number of nitrogens with zero attached hydrogens (tertiary/aromatic N) is 2. The number of hydrogen-bond acceptors (Lipinski definition) is 2. The third-order valence-electron chi connectivity index (χ3n) is 4.42. The van der Waals surface area contributed by atoms with Gasteiger partial charge in [0.15, 0.2) is 0 Å². The highest BCUT2D eigenvalue weighted by molar-refractivity contribution is 5.82. The van der Waals surface area contributed by atoms with E-state index in [1.54, 1.807) is 0 Å². The van der Waals surface area contributed by atoms with Crippen molar-refractivity contribution in [1.82, 2.24) is 9.80 Å². The van der Waals surface area contributed by atoms with Crippen molar-refractivity contribution in [2.75, 3.05) is 19.6 Å². The van der Waals surface area contributed by atoms with Crippen molar-refractivity contribution in [2.24, 2.45) is 5.92 Å². The number of halogens is 3. The first-order valence-electron chi connectivity index (χ1n) is 7.09. The number of alkyl halides is 3. The van der Waals surface area contributed by atoms with Crippen LogP contribution in [-0.2, 0) is 11.3 Å². The molecule has 2 aliphatic heterocycles. The molecule has 0 spiro atoms. The molecule has 2 heterocycles. The van der Waals surface area contributed by atoms with Crippen LogP contribution in [0.25, 0.3) is 0 Å². The van der Waals surface area contributed by atoms with Crippen LogP contribution in [0.5, 0.6) is 0 Å². The van der Waals surface area contributed by atoms with Crippen molar-refractivity contribution in [3.63, 3.8) is 0 Å². The highest BCUT2D eigenvalue weighted by Crippen LogP contribution is 2.34. The molecule has 6 heteroatoms. The van der Waals surface area contributed by atoms with Crippen LogP contribution < -0.4 is 0 Å². The van der Waals surface area contributed by atoms with Gasteiger partial charge in [0, 0.05) is 25.7 Å². The lowest BCUT2D eigenvalue weighted by molar-refractivity contribution is -0.184. The van der Waals surface area contributed by atoms with E-state index in [1.165, 1.54) is 0 Å². The van der Waals surface area contributed by atoms with Crippen molar-refractivity contribution < 1.29 is 18.0 Å². The number of benzene rings is 1. The molecule has 2 fully saturated rings. The summed E-state index contributed by atoms with van der Waals surface area (Å²) in [6, 6.07) is 9.93. The number of fused-ring (bicyclic) bond motifs is 1. The van der Waals surface area contributed by atoms with Gasteiger partial charge in [0.25, 0.3) is 0 Å². The number of amides is 1. The quantitative estimate of drug-likeness (QED) is 0.836. The van der Waals surface area contributed by atoms with Crippen LogP contribution in [0.4, 0.5) is 13.2 Å². The zero-order valence-corrected chi connectivity index (χ0v) is 11.5. The molecule has 2 saturated heterocycles. The normalized spacial score (nSPS) is 26.1. The third-order valence-corrected chi connectivity index (χ3v) is 4.42. The third kappa shape index (κ3) is 2.90. The molecule has 2 aliphatic rings. The SMILES string of the molecule is O=C(N1CC2CCN(Cc3ccccc3)C2C1)C(F)(F)F. The van der Waals surface area contributed by atoms with E-state index in [1.807, 2.05) is 30.3 Å². The summed E-state index contributed by atoms with van der Waals surface area (Å²) >= 11 is 0. The number of rotatable bonds is 2. The molecule has 3 nitrogen and oxygen atoms in total. The van der Waals surface area contributed by atoms with Crippen molar-refractivity contribution >= 4 is 5.91 Å². The van der Waals surface area contributed by atoms with Gasteiger partial charge in [0.05, 0.1) is 0 Å². The maximum atomic E-state index is 12.5. The highest BCUT2D eigenvalue weighted by Gasteiger charge is 2.49. The smallest absolute Gasteiger partial charge is 0.333 e. The van der Waals surface area contributed by atoms with E-state index in [9.17, 15) is 18.0 Å². The van der Waals surface area contributed by atoms with Crippen LogP contribution >= 0.6 is 0 Å². The molecule has 0 aromatic heterocycles. The molecule has 1 aromatic carbocycles. The van der Waals surface area contributed by atoms with Gasteiger partial charge in [-0.25, -0.2) is 0 Å². The van der Waals surface area contributed by atoms with Crippen LogP contribution in [0.3, 0.4) is 0 Å². The molecule has 0 N–H and O–H groups in total. The first kappa shape index (κ1) is 14.4. The summed E-state index contributed by atoms with van der Waals surface area (Å²) in [5, 5.41) is 0. The molecular weight excluding hydrogens is 281 g/mol. The van der Waals surface area contributed by atoms with Crippen LogP contribution in [0, 0.1) is 5.92 Å². The van der Waals surface area contributed by atoms with E-state index in [0.29, 0.717) is 0 Å². The van der Waals surface area contributed by atoms with Gasteiger partial charge in [0.1, 0.15) is 0 Å². The minimum Gasteiger partial charge on any atom is -0.333 e. The molecule has 21 heavy (non-hydrogen) atoms. The van der Waals surface area contributed by atoms with E-state index in [4.69, 9.17) is 0 Å². The Bertz CT molecular complexity index is 517. The Labute approximate surface area is 121 Å². The first-order valence-corrected chi connectivity index (χ1v) is 7.09. The van der Waals surface area contributed by atoms with Gasteiger partial charge in [-0.1, -0.05) is 30.3 Å². The predicted molar refractivity (Wildman–Crippen MR) is 71.4 cm³/mol. The van der Waals surface area contributed by atoms with E-state index in [0.717, 1.165) is 30.0 Å². The molecule has 3 rings (SSSR count). The lowest BCUT2D eigenvalue weighted by atomic mass is 10.0. The van der Waals surface area contributed by atoms with Gasteiger partial charge in [-0.3, -0.25) is 9.69 Å². The molecule has 2 atom stereocenters. The Morgan fingerprint density at radius 3 is 2.57 bits per heavy atom. The topological polar surface area (TPSA) is 23.6 Å². The molecule has 0 aliphatic carbocycles. The fourth-order valence-electron chi connectivity index (χ4n) is 3.41. The van der Waals surface area contributed by atoms with E-state index >= 15 is 0 Å². The molecule has 2 unspecified atom stereocenters. The molecular formula is C15H17F3N2O. The summed E-state index contributed by atoms with van der Waals surface area (Å²) < 4.78 is 37.5. The van der Waals surface area contributed by atoms with Crippen LogP contribution in [-0.4, -0.2) is 47.6 Å². The summed E-state index contributed by atoms with van der Waals surface area (Å²) in [6.07, 6.45) is -3.90. The average molecular weight is 298 g/mol. The maximum absolute atomic E-state index is 12.5. The zero-order chi connectivity index (χ0) is 15.0. The van der Waals surface area contributed by atoms with Crippen molar-refractivity contribution in [2.45, 2.75) is 25.2 Å². The van der Waals surface area contributed by atoms with Crippen LogP contribution in [0.15, 0.2) is 30.3 Å². The Balaban J connectivity index is 1.65. The lowest BCUT2D eigenvalue weighted by Crippen LogP contribution is -2.42. The van der Waals surface area contributed by atoms with E-state index in [2.05, 4.69) is 4.90 Å². The van der Waals surface area contributed by atoms with Crippen LogP contribution in [0.1, 0.15) is 12.0 Å².